The van der Waals surface area contributed by atoms with Crippen molar-refractivity contribution in [1.82, 2.24) is 19.8 Å². The lowest BCUT2D eigenvalue weighted by Gasteiger charge is -2.22. The smallest absolute Gasteiger partial charge is 0.251 e. The second kappa shape index (κ2) is 13.3. The number of carbonyl (C=O) groups is 2. The topological polar surface area (TPSA) is 67.2 Å². The number of carbonyl (C=O) groups excluding carboxylic acids is 2. The summed E-state index contributed by atoms with van der Waals surface area (Å²) >= 11 is 3.40. The van der Waals surface area contributed by atoms with Gasteiger partial charge in [0.2, 0.25) is 5.91 Å². The minimum atomic E-state index is -0.0506. The first kappa shape index (κ1) is 25.9. The summed E-state index contributed by atoms with van der Waals surface area (Å²) in [5.41, 5.74) is 2.61. The summed E-state index contributed by atoms with van der Waals surface area (Å²) in [5.74, 6) is 1.06. The number of aromatic nitrogens is 2. The van der Waals surface area contributed by atoms with Crippen LogP contribution in [0.25, 0.3) is 11.0 Å². The van der Waals surface area contributed by atoms with Crippen LogP contribution in [-0.4, -0.2) is 45.9 Å². The molecule has 0 spiro atoms. The summed E-state index contributed by atoms with van der Waals surface area (Å²) in [6.45, 7) is 6.77. The zero-order valence-corrected chi connectivity index (χ0v) is 21.8. The number of nitrogens with zero attached hydrogens (tertiary/aromatic N) is 3. The lowest BCUT2D eigenvalue weighted by atomic mass is 10.1. The highest BCUT2D eigenvalue weighted by molar-refractivity contribution is 9.10. The van der Waals surface area contributed by atoms with Gasteiger partial charge in [-0.15, -0.1) is 0 Å². The minimum Gasteiger partial charge on any atom is -0.352 e. The van der Waals surface area contributed by atoms with Gasteiger partial charge in [-0.1, -0.05) is 54.4 Å². The molecule has 7 heteroatoms. The van der Waals surface area contributed by atoms with Crippen molar-refractivity contribution in [2.24, 2.45) is 0 Å². The number of fused-ring (bicyclic) bond motifs is 1. The maximum atomic E-state index is 13.0. The molecule has 2 aromatic carbocycles. The average molecular weight is 528 g/mol. The maximum Gasteiger partial charge on any atom is 0.251 e. The molecule has 0 saturated heterocycles. The quantitative estimate of drug-likeness (QED) is 0.295. The molecule has 0 aliphatic rings. The van der Waals surface area contributed by atoms with Crippen molar-refractivity contribution in [2.75, 3.05) is 19.6 Å². The molecule has 0 aliphatic carbocycles. The number of unbranched alkanes of at least 4 members (excludes halogenated alkanes) is 2. The zero-order valence-electron chi connectivity index (χ0n) is 20.2. The Hall–Kier alpha value is -2.67. The molecule has 182 valence electrons. The lowest BCUT2D eigenvalue weighted by Crippen LogP contribution is -2.35. The molecular weight excluding hydrogens is 492 g/mol. The van der Waals surface area contributed by atoms with Crippen LogP contribution in [0.1, 0.15) is 62.1 Å². The Bertz CT molecular complexity index is 1090. The molecule has 0 aliphatic heterocycles. The molecule has 3 aromatic rings. The van der Waals surface area contributed by atoms with Crippen molar-refractivity contribution >= 4 is 38.8 Å². The number of hydrogen-bond acceptors (Lipinski definition) is 3. The number of benzene rings is 2. The molecule has 1 N–H and O–H groups in total. The SMILES string of the molecule is CCCN(CCC)C(=O)Cn1c(CCCCCNC(=O)c2cccc(Br)c2)nc2ccccc21. The van der Waals surface area contributed by atoms with Gasteiger partial charge in [-0.2, -0.15) is 0 Å². The second-order valence-corrected chi connectivity index (χ2v) is 9.48. The van der Waals surface area contributed by atoms with Gasteiger partial charge in [0, 0.05) is 36.1 Å². The highest BCUT2D eigenvalue weighted by atomic mass is 79.9. The van der Waals surface area contributed by atoms with Gasteiger partial charge in [-0.25, -0.2) is 4.98 Å². The summed E-state index contributed by atoms with van der Waals surface area (Å²) in [4.78, 5) is 32.1. The summed E-state index contributed by atoms with van der Waals surface area (Å²) in [6.07, 6.45) is 5.57. The first-order valence-corrected chi connectivity index (χ1v) is 13.1. The predicted molar refractivity (Wildman–Crippen MR) is 141 cm³/mol. The molecule has 0 fully saturated rings. The Morgan fingerprint density at radius 2 is 1.76 bits per heavy atom. The molecule has 0 saturated carbocycles. The Morgan fingerprint density at radius 3 is 2.50 bits per heavy atom. The molecule has 1 aromatic heterocycles. The van der Waals surface area contributed by atoms with Gasteiger partial charge in [0.1, 0.15) is 12.4 Å². The van der Waals surface area contributed by atoms with E-state index in [1.165, 1.54) is 0 Å². The van der Waals surface area contributed by atoms with Crippen LogP contribution in [0.5, 0.6) is 0 Å². The molecular formula is C27H35BrN4O2. The normalized spacial score (nSPS) is 11.0. The third kappa shape index (κ3) is 7.16. The van der Waals surface area contributed by atoms with Gasteiger partial charge < -0.3 is 14.8 Å². The van der Waals surface area contributed by atoms with Crippen LogP contribution in [0.2, 0.25) is 0 Å². The van der Waals surface area contributed by atoms with Gasteiger partial charge in [0.25, 0.3) is 5.91 Å². The molecule has 34 heavy (non-hydrogen) atoms. The number of nitrogens with one attached hydrogen (secondary N) is 1. The highest BCUT2D eigenvalue weighted by Gasteiger charge is 2.17. The molecule has 0 atom stereocenters. The van der Waals surface area contributed by atoms with Crippen LogP contribution in [0.15, 0.2) is 53.0 Å². The number of amides is 2. The Labute approximate surface area is 210 Å². The van der Waals surface area contributed by atoms with Crippen LogP contribution in [0.4, 0.5) is 0 Å². The standard InChI is InChI=1S/C27H35BrN4O2/c1-3-17-31(18-4-2)26(33)20-32-24-14-8-7-13-23(24)30-25(32)15-6-5-9-16-29-27(34)21-11-10-12-22(28)19-21/h7-8,10-14,19H,3-6,9,15-18,20H2,1-2H3,(H,29,34). The summed E-state index contributed by atoms with van der Waals surface area (Å²) in [5, 5.41) is 2.99. The first-order valence-electron chi connectivity index (χ1n) is 12.3. The van der Waals surface area contributed by atoms with Crippen molar-refractivity contribution in [3.63, 3.8) is 0 Å². The van der Waals surface area contributed by atoms with Crippen LogP contribution < -0.4 is 5.32 Å². The third-order valence-electron chi connectivity index (χ3n) is 5.82. The van der Waals surface area contributed by atoms with Crippen molar-refractivity contribution in [3.05, 3.63) is 64.4 Å². The largest absolute Gasteiger partial charge is 0.352 e. The van der Waals surface area contributed by atoms with Gasteiger partial charge in [-0.05, 0) is 56.0 Å². The number of rotatable bonds is 13. The van der Waals surface area contributed by atoms with E-state index in [1.54, 1.807) is 0 Å². The Kier molecular flexibility index (Phi) is 10.1. The molecule has 2 amide bonds. The monoisotopic (exact) mass is 526 g/mol. The molecule has 6 nitrogen and oxygen atoms in total. The number of hydrogen-bond donors (Lipinski definition) is 1. The Balaban J connectivity index is 1.55. The summed E-state index contributed by atoms with van der Waals surface area (Å²) in [6, 6.07) is 15.4. The molecule has 3 rings (SSSR count). The van der Waals surface area contributed by atoms with Crippen molar-refractivity contribution < 1.29 is 9.59 Å². The van der Waals surface area contributed by atoms with E-state index in [2.05, 4.69) is 39.7 Å². The summed E-state index contributed by atoms with van der Waals surface area (Å²) in [7, 11) is 0. The van der Waals surface area contributed by atoms with Crippen LogP contribution in [0, 0.1) is 0 Å². The van der Waals surface area contributed by atoms with Crippen LogP contribution in [0.3, 0.4) is 0 Å². The van der Waals surface area contributed by atoms with Crippen LogP contribution >= 0.6 is 15.9 Å². The number of imidazole rings is 1. The Morgan fingerprint density at radius 1 is 1.00 bits per heavy atom. The minimum absolute atomic E-state index is 0.0506. The molecule has 0 radical (unpaired) electrons. The van der Waals surface area contributed by atoms with Gasteiger partial charge in [-0.3, -0.25) is 9.59 Å². The molecule has 0 unspecified atom stereocenters. The van der Waals surface area contributed by atoms with Crippen molar-refractivity contribution in [1.29, 1.82) is 0 Å². The van der Waals surface area contributed by atoms with E-state index < -0.39 is 0 Å². The average Bonchev–Trinajstić information content (AvgIpc) is 3.18. The van der Waals surface area contributed by atoms with E-state index in [4.69, 9.17) is 4.98 Å². The van der Waals surface area contributed by atoms with E-state index >= 15 is 0 Å². The number of para-hydroxylation sites is 2. The number of halogens is 1. The van der Waals surface area contributed by atoms with E-state index in [0.717, 1.165) is 72.9 Å². The lowest BCUT2D eigenvalue weighted by molar-refractivity contribution is -0.131. The predicted octanol–water partition coefficient (Wildman–Crippen LogP) is 5.59. The van der Waals surface area contributed by atoms with Crippen molar-refractivity contribution in [3.8, 4) is 0 Å². The fourth-order valence-electron chi connectivity index (χ4n) is 4.15. The third-order valence-corrected chi connectivity index (χ3v) is 6.31. The molecule has 0 bridgehead atoms. The maximum absolute atomic E-state index is 13.0. The van der Waals surface area contributed by atoms with Gasteiger partial charge in [0.15, 0.2) is 0 Å². The van der Waals surface area contributed by atoms with E-state index in [9.17, 15) is 9.59 Å². The second-order valence-electron chi connectivity index (χ2n) is 8.56. The zero-order chi connectivity index (χ0) is 24.3. The van der Waals surface area contributed by atoms with E-state index in [-0.39, 0.29) is 11.8 Å². The van der Waals surface area contributed by atoms with Crippen LogP contribution in [-0.2, 0) is 17.8 Å². The fourth-order valence-corrected chi connectivity index (χ4v) is 4.55. The van der Waals surface area contributed by atoms with Crippen molar-refractivity contribution in [2.45, 2.75) is 58.9 Å². The summed E-state index contributed by atoms with van der Waals surface area (Å²) < 4.78 is 2.99. The number of aryl methyl sites for hydroxylation is 1. The van der Waals surface area contributed by atoms with E-state index in [1.807, 2.05) is 53.4 Å². The highest BCUT2D eigenvalue weighted by Crippen LogP contribution is 2.18. The first-order chi connectivity index (χ1) is 16.5. The van der Waals surface area contributed by atoms with Gasteiger partial charge >= 0.3 is 0 Å². The van der Waals surface area contributed by atoms with E-state index in [0.29, 0.717) is 18.7 Å². The molecule has 1 heterocycles. The van der Waals surface area contributed by atoms with Gasteiger partial charge in [0.05, 0.1) is 11.0 Å². The fraction of sp³-hybridized carbons (Fsp3) is 0.444.